The summed E-state index contributed by atoms with van der Waals surface area (Å²) >= 11 is 1.59. The van der Waals surface area contributed by atoms with Gasteiger partial charge in [-0.15, -0.1) is 11.3 Å². The molecular weight excluding hydrogens is 426 g/mol. The molecule has 31 heavy (non-hydrogen) atoms. The van der Waals surface area contributed by atoms with Crippen LogP contribution in [0.2, 0.25) is 0 Å². The average molecular weight is 456 g/mol. The summed E-state index contributed by atoms with van der Waals surface area (Å²) in [6.45, 7) is 4.19. The molecule has 0 aliphatic carbocycles. The van der Waals surface area contributed by atoms with Gasteiger partial charge in [-0.3, -0.25) is 0 Å². The number of aromatic nitrogens is 1. The summed E-state index contributed by atoms with van der Waals surface area (Å²) in [5, 5.41) is 2.08. The van der Waals surface area contributed by atoms with Crippen LogP contribution < -0.4 is 4.80 Å². The lowest BCUT2D eigenvalue weighted by molar-refractivity contribution is 0.424. The molecule has 0 radical (unpaired) electrons. The van der Waals surface area contributed by atoms with E-state index in [1.165, 1.54) is 0 Å². The molecule has 5 nitrogen and oxygen atoms in total. The molecule has 1 fully saturated rings. The Kier molecular flexibility index (Phi) is 7.05. The Morgan fingerprint density at radius 3 is 2.42 bits per heavy atom. The van der Waals surface area contributed by atoms with Crippen molar-refractivity contribution < 1.29 is 8.42 Å². The lowest BCUT2D eigenvalue weighted by Crippen LogP contribution is -2.31. The summed E-state index contributed by atoms with van der Waals surface area (Å²) in [7, 11) is -3.48. The number of sulfonamides is 1. The zero-order chi connectivity index (χ0) is 21.7. The van der Waals surface area contributed by atoms with E-state index < -0.39 is 10.0 Å². The van der Waals surface area contributed by atoms with E-state index in [9.17, 15) is 8.42 Å². The van der Waals surface area contributed by atoms with E-state index in [0.717, 1.165) is 60.4 Å². The van der Waals surface area contributed by atoms with Crippen molar-refractivity contribution in [1.82, 2.24) is 8.87 Å². The van der Waals surface area contributed by atoms with Gasteiger partial charge in [0.25, 0.3) is 0 Å². The summed E-state index contributed by atoms with van der Waals surface area (Å²) in [5.41, 5.74) is 2.84. The molecule has 0 bridgehead atoms. The summed E-state index contributed by atoms with van der Waals surface area (Å²) < 4.78 is 30.4. The number of hydrogen-bond acceptors (Lipinski definition) is 4. The fourth-order valence-electron chi connectivity index (χ4n) is 3.95. The third-order valence-corrected chi connectivity index (χ3v) is 8.32. The fourth-order valence-corrected chi connectivity index (χ4v) is 6.47. The van der Waals surface area contributed by atoms with Gasteiger partial charge in [0.1, 0.15) is 0 Å². The van der Waals surface area contributed by atoms with Crippen LogP contribution in [0.3, 0.4) is 0 Å². The summed E-state index contributed by atoms with van der Waals surface area (Å²) in [5.74, 6) is 0. The highest BCUT2D eigenvalue weighted by Crippen LogP contribution is 2.27. The van der Waals surface area contributed by atoms with Gasteiger partial charge in [0, 0.05) is 30.6 Å². The van der Waals surface area contributed by atoms with Crippen molar-refractivity contribution in [3.05, 3.63) is 64.8 Å². The van der Waals surface area contributed by atoms with Crippen LogP contribution in [0.5, 0.6) is 0 Å². The van der Waals surface area contributed by atoms with Gasteiger partial charge in [0.2, 0.25) is 10.0 Å². The summed E-state index contributed by atoms with van der Waals surface area (Å²) in [6.07, 6.45) is 5.05. The van der Waals surface area contributed by atoms with Gasteiger partial charge in [-0.1, -0.05) is 50.1 Å². The molecule has 1 aliphatic rings. The third-order valence-electron chi connectivity index (χ3n) is 5.56. The summed E-state index contributed by atoms with van der Waals surface area (Å²) in [4.78, 5) is 6.11. The number of nitrogens with zero attached hydrogens (tertiary/aromatic N) is 3. The number of thiazole rings is 1. The van der Waals surface area contributed by atoms with E-state index in [0.29, 0.717) is 18.0 Å². The van der Waals surface area contributed by atoms with Crippen LogP contribution >= 0.6 is 11.3 Å². The zero-order valence-electron chi connectivity index (χ0n) is 17.9. The molecule has 4 rings (SSSR count). The van der Waals surface area contributed by atoms with Gasteiger partial charge in [-0.05, 0) is 43.5 Å². The van der Waals surface area contributed by atoms with Crippen LogP contribution in [0.15, 0.2) is 69.9 Å². The first-order chi connectivity index (χ1) is 15.1. The molecule has 1 saturated heterocycles. The highest BCUT2D eigenvalue weighted by atomic mass is 32.2. The van der Waals surface area contributed by atoms with Crippen molar-refractivity contribution >= 4 is 27.0 Å². The van der Waals surface area contributed by atoms with E-state index in [4.69, 9.17) is 4.99 Å². The molecule has 0 N–H and O–H groups in total. The molecule has 3 aromatic rings. The molecule has 2 heterocycles. The first-order valence-corrected chi connectivity index (χ1v) is 13.3. The predicted molar refractivity (Wildman–Crippen MR) is 127 cm³/mol. The topological polar surface area (TPSA) is 54.7 Å². The molecule has 0 atom stereocenters. The third kappa shape index (κ3) is 5.00. The van der Waals surface area contributed by atoms with Crippen molar-refractivity contribution in [2.45, 2.75) is 50.5 Å². The standard InChI is InChI=1S/C24H29N3O2S2/c1-2-15-27-23(19-30-24(27)25-21-12-6-5-7-13-21)20-11-10-14-22(18-20)31(28,29)26-16-8-3-4-9-17-26/h5-7,10-14,18-19H,2-4,8-9,15-17H2,1H3. The Morgan fingerprint density at radius 1 is 0.968 bits per heavy atom. The van der Waals surface area contributed by atoms with E-state index in [-0.39, 0.29) is 0 Å². The molecule has 0 saturated carbocycles. The highest BCUT2D eigenvalue weighted by molar-refractivity contribution is 7.89. The second-order valence-electron chi connectivity index (χ2n) is 7.85. The Hall–Kier alpha value is -2.22. The number of hydrogen-bond donors (Lipinski definition) is 0. The Morgan fingerprint density at radius 2 is 1.71 bits per heavy atom. The van der Waals surface area contributed by atoms with Gasteiger partial charge in [0.05, 0.1) is 16.3 Å². The lowest BCUT2D eigenvalue weighted by atomic mass is 10.2. The maximum absolute atomic E-state index is 13.3. The normalized spacial score (nSPS) is 16.4. The van der Waals surface area contributed by atoms with Crippen molar-refractivity contribution in [3.8, 4) is 11.3 Å². The molecule has 0 amide bonds. The Labute approximate surface area is 188 Å². The fraction of sp³-hybridized carbons (Fsp3) is 0.375. The monoisotopic (exact) mass is 455 g/mol. The first kappa shape index (κ1) is 22.0. The van der Waals surface area contributed by atoms with Crippen molar-refractivity contribution in [2.75, 3.05) is 13.1 Å². The van der Waals surface area contributed by atoms with Crippen molar-refractivity contribution in [1.29, 1.82) is 0 Å². The lowest BCUT2D eigenvalue weighted by Gasteiger charge is -2.20. The average Bonchev–Trinajstić information content (AvgIpc) is 2.99. The number of para-hydroxylation sites is 1. The van der Waals surface area contributed by atoms with Gasteiger partial charge < -0.3 is 4.57 Å². The Bertz CT molecular complexity index is 1170. The molecular formula is C24H29N3O2S2. The van der Waals surface area contributed by atoms with Crippen molar-refractivity contribution in [2.24, 2.45) is 4.99 Å². The minimum Gasteiger partial charge on any atom is -0.316 e. The zero-order valence-corrected chi connectivity index (χ0v) is 19.5. The van der Waals surface area contributed by atoms with Gasteiger partial charge in [-0.25, -0.2) is 13.4 Å². The maximum Gasteiger partial charge on any atom is 0.243 e. The largest absolute Gasteiger partial charge is 0.316 e. The SMILES string of the molecule is CCCn1c(-c2cccc(S(=O)(=O)N3CCCCCC3)c2)csc1=Nc1ccccc1. The van der Waals surface area contributed by atoms with Gasteiger partial charge >= 0.3 is 0 Å². The van der Waals surface area contributed by atoms with Crippen LogP contribution in [0.1, 0.15) is 39.0 Å². The molecule has 0 unspecified atom stereocenters. The van der Waals surface area contributed by atoms with E-state index in [2.05, 4.69) is 16.9 Å². The molecule has 2 aromatic carbocycles. The molecule has 1 aliphatic heterocycles. The smallest absolute Gasteiger partial charge is 0.243 e. The van der Waals surface area contributed by atoms with Gasteiger partial charge in [0.15, 0.2) is 4.80 Å². The second-order valence-corrected chi connectivity index (χ2v) is 10.6. The highest BCUT2D eigenvalue weighted by Gasteiger charge is 2.25. The number of benzene rings is 2. The van der Waals surface area contributed by atoms with E-state index in [1.807, 2.05) is 48.5 Å². The van der Waals surface area contributed by atoms with Crippen LogP contribution in [-0.2, 0) is 16.6 Å². The predicted octanol–water partition coefficient (Wildman–Crippen LogP) is 5.42. The van der Waals surface area contributed by atoms with Crippen LogP contribution in [0.25, 0.3) is 11.3 Å². The number of rotatable bonds is 6. The minimum absolute atomic E-state index is 0.377. The van der Waals surface area contributed by atoms with Gasteiger partial charge in [-0.2, -0.15) is 4.31 Å². The molecule has 1 aromatic heterocycles. The quantitative estimate of drug-likeness (QED) is 0.498. The van der Waals surface area contributed by atoms with Crippen LogP contribution in [0, 0.1) is 0 Å². The summed E-state index contributed by atoms with van der Waals surface area (Å²) in [6, 6.07) is 17.3. The van der Waals surface area contributed by atoms with Crippen LogP contribution in [0.4, 0.5) is 5.69 Å². The van der Waals surface area contributed by atoms with E-state index >= 15 is 0 Å². The molecule has 164 valence electrons. The van der Waals surface area contributed by atoms with Crippen molar-refractivity contribution in [3.63, 3.8) is 0 Å². The second kappa shape index (κ2) is 9.94. The Balaban J connectivity index is 1.73. The van der Waals surface area contributed by atoms with E-state index in [1.54, 1.807) is 21.7 Å². The first-order valence-electron chi connectivity index (χ1n) is 11.0. The minimum atomic E-state index is -3.48. The molecule has 0 spiro atoms. The maximum atomic E-state index is 13.3. The van der Waals surface area contributed by atoms with Crippen LogP contribution in [-0.4, -0.2) is 30.4 Å². The molecule has 7 heteroatoms.